The summed E-state index contributed by atoms with van der Waals surface area (Å²) in [6.45, 7) is 0. The van der Waals surface area contributed by atoms with Gasteiger partial charge in [0.25, 0.3) is 0 Å². The highest BCUT2D eigenvalue weighted by atomic mass is 127. The third-order valence-corrected chi connectivity index (χ3v) is 3.55. The highest BCUT2D eigenvalue weighted by Crippen LogP contribution is 2.27. The van der Waals surface area contributed by atoms with Crippen molar-refractivity contribution in [3.8, 4) is 10.8 Å². The quantitative estimate of drug-likeness (QED) is 0.845. The van der Waals surface area contributed by atoms with E-state index in [1.54, 1.807) is 12.4 Å². The molecule has 0 aliphatic carbocycles. The number of aromatic nitrogens is 3. The SMILES string of the molecule is CNc1nc(-c2ncc(Cl)s2)ncc1I. The molecule has 0 unspecified atom stereocenters. The molecule has 0 radical (unpaired) electrons. The molecular formula is C8H6ClIN4S. The minimum absolute atomic E-state index is 0.594. The van der Waals surface area contributed by atoms with Gasteiger partial charge in [0, 0.05) is 13.2 Å². The summed E-state index contributed by atoms with van der Waals surface area (Å²) in [5.41, 5.74) is 0. The maximum Gasteiger partial charge on any atom is 0.190 e. The van der Waals surface area contributed by atoms with Gasteiger partial charge in [0.15, 0.2) is 10.8 Å². The van der Waals surface area contributed by atoms with Gasteiger partial charge in [0.05, 0.1) is 9.77 Å². The normalized spacial score (nSPS) is 10.3. The van der Waals surface area contributed by atoms with Crippen LogP contribution in [0.25, 0.3) is 10.8 Å². The van der Waals surface area contributed by atoms with Crippen molar-refractivity contribution in [1.29, 1.82) is 0 Å². The lowest BCUT2D eigenvalue weighted by molar-refractivity contribution is 1.14. The van der Waals surface area contributed by atoms with Crippen LogP contribution in [0.3, 0.4) is 0 Å². The number of halogens is 2. The zero-order chi connectivity index (χ0) is 10.8. The molecule has 0 atom stereocenters. The molecule has 7 heteroatoms. The average molecular weight is 353 g/mol. The van der Waals surface area contributed by atoms with Crippen LogP contribution in [-0.4, -0.2) is 22.0 Å². The smallest absolute Gasteiger partial charge is 0.190 e. The molecule has 15 heavy (non-hydrogen) atoms. The Morgan fingerprint density at radius 1 is 1.40 bits per heavy atom. The Balaban J connectivity index is 2.45. The molecule has 0 aromatic carbocycles. The molecule has 0 aliphatic heterocycles. The number of nitrogens with zero attached hydrogens (tertiary/aromatic N) is 3. The Bertz CT molecular complexity index is 487. The van der Waals surface area contributed by atoms with Crippen molar-refractivity contribution >= 4 is 51.3 Å². The first kappa shape index (κ1) is 11.0. The molecule has 0 saturated carbocycles. The summed E-state index contributed by atoms with van der Waals surface area (Å²) in [6.07, 6.45) is 3.35. The van der Waals surface area contributed by atoms with Crippen molar-refractivity contribution < 1.29 is 0 Å². The Hall–Kier alpha value is -0.470. The zero-order valence-corrected chi connectivity index (χ0v) is 11.4. The van der Waals surface area contributed by atoms with E-state index >= 15 is 0 Å². The van der Waals surface area contributed by atoms with E-state index in [4.69, 9.17) is 11.6 Å². The summed E-state index contributed by atoms with van der Waals surface area (Å²) in [4.78, 5) is 12.7. The summed E-state index contributed by atoms with van der Waals surface area (Å²) in [6, 6.07) is 0. The minimum Gasteiger partial charge on any atom is -0.372 e. The van der Waals surface area contributed by atoms with E-state index in [2.05, 4.69) is 42.9 Å². The lowest BCUT2D eigenvalue weighted by Crippen LogP contribution is -1.98. The van der Waals surface area contributed by atoms with Crippen LogP contribution in [0, 0.1) is 3.57 Å². The molecule has 4 nitrogen and oxygen atoms in total. The van der Waals surface area contributed by atoms with Crippen molar-refractivity contribution in [3.05, 3.63) is 20.3 Å². The molecule has 0 bridgehead atoms. The highest BCUT2D eigenvalue weighted by Gasteiger charge is 2.09. The third-order valence-electron chi connectivity index (χ3n) is 1.65. The van der Waals surface area contributed by atoms with Gasteiger partial charge in [-0.3, -0.25) is 0 Å². The number of anilines is 1. The van der Waals surface area contributed by atoms with Crippen LogP contribution in [-0.2, 0) is 0 Å². The number of thiazole rings is 1. The fourth-order valence-corrected chi connectivity index (χ4v) is 2.39. The Morgan fingerprint density at radius 3 is 2.80 bits per heavy atom. The molecule has 1 N–H and O–H groups in total. The summed E-state index contributed by atoms with van der Waals surface area (Å²) in [7, 11) is 1.82. The van der Waals surface area contributed by atoms with Crippen molar-refractivity contribution in [1.82, 2.24) is 15.0 Å². The van der Waals surface area contributed by atoms with Crippen LogP contribution in [0.2, 0.25) is 4.34 Å². The van der Waals surface area contributed by atoms with Gasteiger partial charge in [-0.05, 0) is 22.6 Å². The maximum atomic E-state index is 5.80. The lowest BCUT2D eigenvalue weighted by atomic mass is 10.5. The second-order valence-electron chi connectivity index (χ2n) is 2.61. The van der Waals surface area contributed by atoms with Gasteiger partial charge in [-0.2, -0.15) is 0 Å². The third kappa shape index (κ3) is 2.37. The first-order chi connectivity index (χ1) is 7.20. The van der Waals surface area contributed by atoms with Gasteiger partial charge in [0.1, 0.15) is 10.2 Å². The van der Waals surface area contributed by atoms with Crippen molar-refractivity contribution in [3.63, 3.8) is 0 Å². The molecule has 2 aromatic rings. The Morgan fingerprint density at radius 2 is 2.20 bits per heavy atom. The predicted octanol–water partition coefficient (Wildman–Crippen LogP) is 2.90. The van der Waals surface area contributed by atoms with Gasteiger partial charge in [-0.1, -0.05) is 22.9 Å². The van der Waals surface area contributed by atoms with E-state index < -0.39 is 0 Å². The van der Waals surface area contributed by atoms with Crippen molar-refractivity contribution in [2.24, 2.45) is 0 Å². The monoisotopic (exact) mass is 352 g/mol. The maximum absolute atomic E-state index is 5.80. The van der Waals surface area contributed by atoms with Crippen LogP contribution < -0.4 is 5.32 Å². The van der Waals surface area contributed by atoms with Crippen LogP contribution in [0.15, 0.2) is 12.4 Å². The number of rotatable bonds is 2. The predicted molar refractivity (Wildman–Crippen MR) is 70.4 cm³/mol. The van der Waals surface area contributed by atoms with Crippen LogP contribution in [0.5, 0.6) is 0 Å². The van der Waals surface area contributed by atoms with E-state index in [0.717, 1.165) is 14.4 Å². The summed E-state index contributed by atoms with van der Waals surface area (Å²) in [5.74, 6) is 1.39. The van der Waals surface area contributed by atoms with Gasteiger partial charge in [-0.15, -0.1) is 0 Å². The highest BCUT2D eigenvalue weighted by molar-refractivity contribution is 14.1. The molecule has 78 valence electrons. The topological polar surface area (TPSA) is 50.7 Å². The largest absolute Gasteiger partial charge is 0.372 e. The van der Waals surface area contributed by atoms with Crippen molar-refractivity contribution in [2.45, 2.75) is 0 Å². The van der Waals surface area contributed by atoms with E-state index in [9.17, 15) is 0 Å². The van der Waals surface area contributed by atoms with E-state index in [-0.39, 0.29) is 0 Å². The molecule has 0 aliphatic rings. The van der Waals surface area contributed by atoms with Gasteiger partial charge in [-0.25, -0.2) is 15.0 Å². The number of hydrogen-bond acceptors (Lipinski definition) is 5. The zero-order valence-electron chi connectivity index (χ0n) is 7.66. The number of hydrogen-bond donors (Lipinski definition) is 1. The van der Waals surface area contributed by atoms with Gasteiger partial charge >= 0.3 is 0 Å². The standard InChI is InChI=1S/C8H6ClIN4S/c1-11-6-4(10)2-12-7(14-6)8-13-3-5(9)15-8/h2-3H,1H3,(H,11,12,14). The number of nitrogens with one attached hydrogen (secondary N) is 1. The van der Waals surface area contributed by atoms with Crippen molar-refractivity contribution in [2.75, 3.05) is 12.4 Å². The molecule has 2 rings (SSSR count). The van der Waals surface area contributed by atoms with E-state index in [1.165, 1.54) is 11.3 Å². The van der Waals surface area contributed by atoms with Crippen LogP contribution in [0.4, 0.5) is 5.82 Å². The summed E-state index contributed by atoms with van der Waals surface area (Å²) in [5, 5.41) is 3.73. The summed E-state index contributed by atoms with van der Waals surface area (Å²) < 4.78 is 1.61. The van der Waals surface area contributed by atoms with Gasteiger partial charge < -0.3 is 5.32 Å². The van der Waals surface area contributed by atoms with E-state index in [0.29, 0.717) is 10.2 Å². The first-order valence-corrected chi connectivity index (χ1v) is 6.30. The summed E-state index contributed by atoms with van der Waals surface area (Å²) >= 11 is 9.33. The Kier molecular flexibility index (Phi) is 3.37. The molecule has 0 fully saturated rings. The molecular weight excluding hydrogens is 347 g/mol. The molecule has 0 spiro atoms. The second-order valence-corrected chi connectivity index (χ2v) is 5.43. The minimum atomic E-state index is 0.594. The van der Waals surface area contributed by atoms with Gasteiger partial charge in [0.2, 0.25) is 0 Å². The molecule has 0 amide bonds. The average Bonchev–Trinajstić information content (AvgIpc) is 2.66. The first-order valence-electron chi connectivity index (χ1n) is 4.02. The second kappa shape index (κ2) is 4.58. The van der Waals surface area contributed by atoms with Crippen LogP contribution in [0.1, 0.15) is 0 Å². The van der Waals surface area contributed by atoms with Crippen LogP contribution >= 0.6 is 45.5 Å². The van der Waals surface area contributed by atoms with E-state index in [1.807, 2.05) is 7.05 Å². The molecule has 0 saturated heterocycles. The molecule has 2 aromatic heterocycles. The Labute approximate surface area is 109 Å². The fourth-order valence-electron chi connectivity index (χ4n) is 1.00. The molecule has 2 heterocycles. The lowest BCUT2D eigenvalue weighted by Gasteiger charge is -2.02. The fraction of sp³-hybridized carbons (Fsp3) is 0.125.